The summed E-state index contributed by atoms with van der Waals surface area (Å²) in [5, 5.41) is 12.1. The molecule has 0 spiro atoms. The minimum absolute atomic E-state index is 0.0280. The molecule has 3 atom stereocenters. The minimum Gasteiger partial charge on any atom is -0.481 e. The predicted octanol–water partition coefficient (Wildman–Crippen LogP) is 2.07. The summed E-state index contributed by atoms with van der Waals surface area (Å²) in [4.78, 5) is 25.1. The predicted molar refractivity (Wildman–Crippen MR) is 71.9 cm³/mol. The van der Waals surface area contributed by atoms with Crippen LogP contribution >= 0.6 is 0 Å². The molecule has 5 nitrogen and oxygen atoms in total. The van der Waals surface area contributed by atoms with Gasteiger partial charge in [0.05, 0.1) is 5.92 Å². The second-order valence-corrected chi connectivity index (χ2v) is 5.86. The monoisotopic (exact) mass is 268 g/mol. The maximum absolute atomic E-state index is 12.0. The fourth-order valence-electron chi connectivity index (χ4n) is 3.33. The van der Waals surface area contributed by atoms with Crippen LogP contribution in [0.25, 0.3) is 0 Å². The topological polar surface area (TPSA) is 69.6 Å². The molecule has 19 heavy (non-hydrogen) atoms. The van der Waals surface area contributed by atoms with Gasteiger partial charge >= 0.3 is 12.0 Å². The standard InChI is InChI=1S/C14H24N2O3/c1-10-5-4-8-16(10)14(19)15-9-11-6-2-3-7-12(11)13(17)18/h10-12H,2-9H2,1H3,(H,15,19)(H,17,18). The Labute approximate surface area is 114 Å². The number of carboxylic acid groups (broad SMARTS) is 1. The molecule has 2 rings (SSSR count). The van der Waals surface area contributed by atoms with Crippen LogP contribution in [0.2, 0.25) is 0 Å². The van der Waals surface area contributed by atoms with Crippen LogP contribution in [-0.2, 0) is 4.79 Å². The van der Waals surface area contributed by atoms with E-state index in [4.69, 9.17) is 0 Å². The number of nitrogens with zero attached hydrogens (tertiary/aromatic N) is 1. The molecule has 0 bridgehead atoms. The van der Waals surface area contributed by atoms with Crippen LogP contribution in [0.5, 0.6) is 0 Å². The SMILES string of the molecule is CC1CCCN1C(=O)NCC1CCCCC1C(=O)O. The molecule has 2 fully saturated rings. The quantitative estimate of drug-likeness (QED) is 0.823. The molecule has 2 amide bonds. The lowest BCUT2D eigenvalue weighted by Gasteiger charge is -2.30. The van der Waals surface area contributed by atoms with Crippen LogP contribution in [0, 0.1) is 11.8 Å². The average Bonchev–Trinajstić information content (AvgIpc) is 2.82. The summed E-state index contributed by atoms with van der Waals surface area (Å²) in [6, 6.07) is 0.279. The number of aliphatic carboxylic acids is 1. The highest BCUT2D eigenvalue weighted by molar-refractivity contribution is 5.75. The van der Waals surface area contributed by atoms with Gasteiger partial charge in [0.2, 0.25) is 0 Å². The number of hydrogen-bond acceptors (Lipinski definition) is 2. The molecule has 2 aliphatic rings. The van der Waals surface area contributed by atoms with Crippen LogP contribution in [0.15, 0.2) is 0 Å². The Morgan fingerprint density at radius 2 is 1.95 bits per heavy atom. The number of likely N-dealkylation sites (tertiary alicyclic amines) is 1. The average molecular weight is 268 g/mol. The van der Waals surface area contributed by atoms with Crippen molar-refractivity contribution >= 4 is 12.0 Å². The first kappa shape index (κ1) is 14.2. The van der Waals surface area contributed by atoms with Crippen molar-refractivity contribution in [1.82, 2.24) is 10.2 Å². The Bertz CT molecular complexity index is 346. The van der Waals surface area contributed by atoms with Crippen molar-refractivity contribution in [3.8, 4) is 0 Å². The third-order valence-corrected chi connectivity index (χ3v) is 4.56. The number of carboxylic acids is 1. The lowest BCUT2D eigenvalue weighted by Crippen LogP contribution is -2.45. The van der Waals surface area contributed by atoms with Crippen LogP contribution in [0.4, 0.5) is 4.79 Å². The number of urea groups is 1. The summed E-state index contributed by atoms with van der Waals surface area (Å²) < 4.78 is 0. The molecule has 1 aliphatic heterocycles. The number of hydrogen-bond donors (Lipinski definition) is 2. The summed E-state index contributed by atoms with van der Waals surface area (Å²) >= 11 is 0. The smallest absolute Gasteiger partial charge is 0.317 e. The van der Waals surface area contributed by atoms with Gasteiger partial charge in [0, 0.05) is 19.1 Å². The van der Waals surface area contributed by atoms with Crippen molar-refractivity contribution in [2.75, 3.05) is 13.1 Å². The zero-order valence-electron chi connectivity index (χ0n) is 11.6. The van der Waals surface area contributed by atoms with Crippen LogP contribution in [0.1, 0.15) is 45.4 Å². The molecular formula is C14H24N2O3. The molecule has 0 aromatic heterocycles. The molecular weight excluding hydrogens is 244 g/mol. The Hall–Kier alpha value is -1.26. The molecule has 1 saturated heterocycles. The Morgan fingerprint density at radius 3 is 2.58 bits per heavy atom. The molecule has 1 aliphatic carbocycles. The van der Waals surface area contributed by atoms with Crippen molar-refractivity contribution in [1.29, 1.82) is 0 Å². The van der Waals surface area contributed by atoms with E-state index in [0.717, 1.165) is 45.1 Å². The summed E-state index contributed by atoms with van der Waals surface area (Å²) in [5.41, 5.74) is 0. The van der Waals surface area contributed by atoms with Crippen LogP contribution < -0.4 is 5.32 Å². The molecule has 0 aromatic carbocycles. The Morgan fingerprint density at radius 1 is 1.21 bits per heavy atom. The molecule has 0 aromatic rings. The number of carbonyl (C=O) groups excluding carboxylic acids is 1. The Kier molecular flexibility index (Phi) is 4.66. The van der Waals surface area contributed by atoms with Crippen molar-refractivity contribution in [3.63, 3.8) is 0 Å². The van der Waals surface area contributed by atoms with E-state index in [-0.39, 0.29) is 17.9 Å². The number of nitrogens with one attached hydrogen (secondary N) is 1. The molecule has 1 heterocycles. The van der Waals surface area contributed by atoms with E-state index in [0.29, 0.717) is 12.6 Å². The van der Waals surface area contributed by atoms with Crippen molar-refractivity contribution in [3.05, 3.63) is 0 Å². The van der Waals surface area contributed by atoms with Gasteiger partial charge < -0.3 is 15.3 Å². The largest absolute Gasteiger partial charge is 0.481 e. The molecule has 2 N–H and O–H groups in total. The minimum atomic E-state index is -0.714. The molecule has 5 heteroatoms. The van der Waals surface area contributed by atoms with Crippen molar-refractivity contribution < 1.29 is 14.7 Å². The number of amides is 2. The van der Waals surface area contributed by atoms with E-state index in [1.54, 1.807) is 0 Å². The second-order valence-electron chi connectivity index (χ2n) is 5.86. The first-order valence-electron chi connectivity index (χ1n) is 7.37. The highest BCUT2D eigenvalue weighted by Gasteiger charge is 2.32. The summed E-state index contributed by atoms with van der Waals surface area (Å²) in [7, 11) is 0. The molecule has 1 saturated carbocycles. The van der Waals surface area contributed by atoms with Gasteiger partial charge in [0.1, 0.15) is 0 Å². The van der Waals surface area contributed by atoms with Gasteiger partial charge in [0.15, 0.2) is 0 Å². The maximum Gasteiger partial charge on any atom is 0.317 e. The first-order valence-corrected chi connectivity index (χ1v) is 7.37. The van der Waals surface area contributed by atoms with Crippen molar-refractivity contribution in [2.24, 2.45) is 11.8 Å². The third-order valence-electron chi connectivity index (χ3n) is 4.56. The van der Waals surface area contributed by atoms with Crippen molar-refractivity contribution in [2.45, 2.75) is 51.5 Å². The van der Waals surface area contributed by atoms with E-state index in [1.165, 1.54) is 0 Å². The van der Waals surface area contributed by atoms with Gasteiger partial charge in [-0.3, -0.25) is 4.79 Å². The molecule has 0 radical (unpaired) electrons. The Balaban J connectivity index is 1.83. The summed E-state index contributed by atoms with van der Waals surface area (Å²) in [6.07, 6.45) is 5.85. The fourth-order valence-corrected chi connectivity index (χ4v) is 3.33. The van der Waals surface area contributed by atoms with Gasteiger partial charge in [-0.2, -0.15) is 0 Å². The van der Waals surface area contributed by atoms with Gasteiger partial charge in [-0.25, -0.2) is 4.79 Å². The number of carbonyl (C=O) groups is 2. The van der Waals surface area contributed by atoms with Gasteiger partial charge in [-0.1, -0.05) is 12.8 Å². The lowest BCUT2D eigenvalue weighted by molar-refractivity contribution is -0.144. The maximum atomic E-state index is 12.0. The highest BCUT2D eigenvalue weighted by Crippen LogP contribution is 2.29. The summed E-state index contributed by atoms with van der Waals surface area (Å²) in [5.74, 6) is -0.911. The number of rotatable bonds is 3. The lowest BCUT2D eigenvalue weighted by atomic mass is 9.79. The zero-order valence-corrected chi connectivity index (χ0v) is 11.6. The second kappa shape index (κ2) is 6.26. The normalized spacial score (nSPS) is 31.2. The van der Waals surface area contributed by atoms with E-state index in [2.05, 4.69) is 12.2 Å². The molecule has 3 unspecified atom stereocenters. The van der Waals surface area contributed by atoms with E-state index in [9.17, 15) is 14.7 Å². The van der Waals surface area contributed by atoms with E-state index >= 15 is 0 Å². The van der Waals surface area contributed by atoms with Gasteiger partial charge in [0.25, 0.3) is 0 Å². The highest BCUT2D eigenvalue weighted by atomic mass is 16.4. The fraction of sp³-hybridized carbons (Fsp3) is 0.857. The van der Waals surface area contributed by atoms with Crippen LogP contribution in [0.3, 0.4) is 0 Å². The molecule has 108 valence electrons. The van der Waals surface area contributed by atoms with Gasteiger partial charge in [-0.05, 0) is 38.5 Å². The van der Waals surface area contributed by atoms with E-state index in [1.807, 2.05) is 4.90 Å². The zero-order chi connectivity index (χ0) is 13.8. The van der Waals surface area contributed by atoms with Crippen LogP contribution in [-0.4, -0.2) is 41.1 Å². The summed E-state index contributed by atoms with van der Waals surface area (Å²) in [6.45, 7) is 3.38. The van der Waals surface area contributed by atoms with Gasteiger partial charge in [-0.15, -0.1) is 0 Å². The first-order chi connectivity index (χ1) is 9.09. The third kappa shape index (κ3) is 3.39. The van der Waals surface area contributed by atoms with E-state index < -0.39 is 5.97 Å².